The minimum atomic E-state index is -0.386. The van der Waals surface area contributed by atoms with E-state index in [0.717, 1.165) is 40.8 Å². The summed E-state index contributed by atoms with van der Waals surface area (Å²) in [6.45, 7) is 8.77. The summed E-state index contributed by atoms with van der Waals surface area (Å²) in [6.07, 6.45) is 1.74. The van der Waals surface area contributed by atoms with E-state index in [4.69, 9.17) is 9.51 Å². The average Bonchev–Trinajstić information content (AvgIpc) is 3.38. The average molecular weight is 493 g/mol. The van der Waals surface area contributed by atoms with Gasteiger partial charge in [0.05, 0.1) is 11.6 Å². The van der Waals surface area contributed by atoms with Gasteiger partial charge in [0.2, 0.25) is 5.82 Å². The summed E-state index contributed by atoms with van der Waals surface area (Å²) in [6, 6.07) is 24.1. The van der Waals surface area contributed by atoms with Crippen molar-refractivity contribution < 1.29 is 9.32 Å². The van der Waals surface area contributed by atoms with Gasteiger partial charge < -0.3 is 9.84 Å². The molecule has 0 fully saturated rings. The molecule has 0 bridgehead atoms. The minimum Gasteiger partial charge on any atom is -0.334 e. The van der Waals surface area contributed by atoms with Gasteiger partial charge in [-0.3, -0.25) is 4.90 Å². The maximum atomic E-state index is 13.3. The lowest BCUT2D eigenvalue weighted by Crippen LogP contribution is -2.46. The van der Waals surface area contributed by atoms with Crippen molar-refractivity contribution in [1.82, 2.24) is 20.4 Å². The first-order valence-electron chi connectivity index (χ1n) is 12.7. The molecule has 3 aromatic carbocycles. The topological polar surface area (TPSA) is 71.3 Å². The van der Waals surface area contributed by atoms with E-state index in [9.17, 15) is 4.79 Å². The number of nitrogens with zero attached hydrogens (tertiary/aromatic N) is 3. The molecule has 4 aromatic rings. The summed E-state index contributed by atoms with van der Waals surface area (Å²) in [7, 11) is 0. The molecule has 188 valence electrons. The molecular weight excluding hydrogens is 460 g/mol. The first-order valence-corrected chi connectivity index (χ1v) is 12.7. The van der Waals surface area contributed by atoms with E-state index >= 15 is 0 Å². The number of allylic oxidation sites excluding steroid dienone is 1. The number of carbonyl (C=O) groups is 1. The predicted octanol–water partition coefficient (Wildman–Crippen LogP) is 6.79. The van der Waals surface area contributed by atoms with Crippen LogP contribution >= 0.6 is 0 Å². The molecule has 2 heterocycles. The van der Waals surface area contributed by atoms with Crippen LogP contribution < -0.4 is 5.32 Å². The Balaban J connectivity index is 1.51. The Morgan fingerprint density at radius 1 is 0.919 bits per heavy atom. The van der Waals surface area contributed by atoms with Crippen molar-refractivity contribution in [2.75, 3.05) is 6.54 Å². The minimum absolute atomic E-state index is 0.115. The number of rotatable bonds is 7. The molecule has 0 aliphatic carbocycles. The third kappa shape index (κ3) is 5.19. The smallest absolute Gasteiger partial charge is 0.322 e. The Kier molecular flexibility index (Phi) is 6.91. The fourth-order valence-corrected chi connectivity index (χ4v) is 4.84. The number of benzene rings is 3. The SMILES string of the molecule is CC1=C(c2nc(-c3cccc(C)c3)no2)C(c2ccc(C)c(C)c2)NC(=O)N1CCCc1ccccc1. The summed E-state index contributed by atoms with van der Waals surface area (Å²) < 4.78 is 5.83. The first kappa shape index (κ1) is 24.5. The van der Waals surface area contributed by atoms with Crippen LogP contribution in [0.4, 0.5) is 4.79 Å². The zero-order valence-electron chi connectivity index (χ0n) is 21.8. The Morgan fingerprint density at radius 3 is 2.49 bits per heavy atom. The Hall–Kier alpha value is -4.19. The van der Waals surface area contributed by atoms with Crippen molar-refractivity contribution in [3.8, 4) is 11.4 Å². The lowest BCUT2D eigenvalue weighted by Gasteiger charge is -2.35. The lowest BCUT2D eigenvalue weighted by atomic mass is 9.92. The summed E-state index contributed by atoms with van der Waals surface area (Å²) >= 11 is 0. The second kappa shape index (κ2) is 10.4. The van der Waals surface area contributed by atoms with Gasteiger partial charge in [-0.05, 0) is 68.9 Å². The van der Waals surface area contributed by atoms with Gasteiger partial charge in [-0.15, -0.1) is 0 Å². The van der Waals surface area contributed by atoms with Crippen LogP contribution in [0.2, 0.25) is 0 Å². The second-order valence-electron chi connectivity index (χ2n) is 9.76. The fraction of sp³-hybridized carbons (Fsp3) is 0.258. The highest BCUT2D eigenvalue weighted by molar-refractivity contribution is 5.87. The van der Waals surface area contributed by atoms with Gasteiger partial charge in [-0.25, -0.2) is 4.79 Å². The number of nitrogens with one attached hydrogen (secondary N) is 1. The number of amides is 2. The van der Waals surface area contributed by atoms with Gasteiger partial charge >= 0.3 is 6.03 Å². The van der Waals surface area contributed by atoms with E-state index in [2.05, 4.69) is 54.7 Å². The van der Waals surface area contributed by atoms with Gasteiger partial charge in [0.25, 0.3) is 5.89 Å². The van der Waals surface area contributed by atoms with Gasteiger partial charge in [0.15, 0.2) is 0 Å². The first-order chi connectivity index (χ1) is 17.9. The zero-order valence-corrected chi connectivity index (χ0v) is 21.8. The van der Waals surface area contributed by atoms with Crippen molar-refractivity contribution in [3.63, 3.8) is 0 Å². The number of hydrogen-bond acceptors (Lipinski definition) is 4. The van der Waals surface area contributed by atoms with Crippen LogP contribution in [0.1, 0.15) is 53.1 Å². The number of hydrogen-bond donors (Lipinski definition) is 1. The molecule has 6 nitrogen and oxygen atoms in total. The van der Waals surface area contributed by atoms with Crippen molar-refractivity contribution in [2.24, 2.45) is 0 Å². The van der Waals surface area contributed by atoms with Crippen LogP contribution in [-0.2, 0) is 6.42 Å². The molecule has 1 N–H and O–H groups in total. The number of carbonyl (C=O) groups excluding carboxylic acids is 1. The molecule has 5 rings (SSSR count). The monoisotopic (exact) mass is 492 g/mol. The molecule has 0 radical (unpaired) electrons. The molecular formula is C31H32N4O2. The van der Waals surface area contributed by atoms with E-state index in [-0.39, 0.29) is 12.1 Å². The van der Waals surface area contributed by atoms with Crippen molar-refractivity contribution >= 4 is 11.6 Å². The van der Waals surface area contributed by atoms with E-state index < -0.39 is 0 Å². The van der Waals surface area contributed by atoms with Gasteiger partial charge in [-0.1, -0.05) is 77.5 Å². The summed E-state index contributed by atoms with van der Waals surface area (Å²) in [5, 5.41) is 7.51. The Morgan fingerprint density at radius 2 is 1.73 bits per heavy atom. The van der Waals surface area contributed by atoms with Crippen molar-refractivity contribution in [3.05, 3.63) is 112 Å². The maximum absolute atomic E-state index is 13.3. The molecule has 0 spiro atoms. The zero-order chi connectivity index (χ0) is 25.9. The molecule has 1 unspecified atom stereocenters. The number of aromatic nitrogens is 2. The summed E-state index contributed by atoms with van der Waals surface area (Å²) in [5.74, 6) is 0.954. The van der Waals surface area contributed by atoms with Crippen molar-refractivity contribution in [1.29, 1.82) is 0 Å². The van der Waals surface area contributed by atoms with Crippen LogP contribution in [0.15, 0.2) is 83.0 Å². The second-order valence-corrected chi connectivity index (χ2v) is 9.76. The van der Waals surface area contributed by atoms with Crippen LogP contribution in [-0.4, -0.2) is 27.6 Å². The standard InChI is InChI=1S/C31H32N4O2/c1-20-10-8-14-26(18-20)29-33-30(37-34-29)27-23(4)35(17-9-13-24-11-6-5-7-12-24)31(36)32-28(27)25-16-15-21(2)22(3)19-25/h5-8,10-12,14-16,18-19,28H,9,13,17H2,1-4H3,(H,32,36). The molecule has 6 heteroatoms. The number of urea groups is 1. The van der Waals surface area contributed by atoms with Crippen LogP contribution in [0.3, 0.4) is 0 Å². The fourth-order valence-electron chi connectivity index (χ4n) is 4.84. The van der Waals surface area contributed by atoms with E-state index in [1.54, 1.807) is 4.90 Å². The highest BCUT2D eigenvalue weighted by atomic mass is 16.5. The van der Waals surface area contributed by atoms with Gasteiger partial charge in [0.1, 0.15) is 0 Å². The molecule has 37 heavy (non-hydrogen) atoms. The Labute approximate surface area is 218 Å². The largest absolute Gasteiger partial charge is 0.334 e. The van der Waals surface area contributed by atoms with Crippen LogP contribution in [0.25, 0.3) is 17.0 Å². The van der Waals surface area contributed by atoms with Gasteiger partial charge in [-0.2, -0.15) is 4.98 Å². The lowest BCUT2D eigenvalue weighted by molar-refractivity contribution is 0.204. The van der Waals surface area contributed by atoms with E-state index in [0.29, 0.717) is 18.3 Å². The van der Waals surface area contributed by atoms with E-state index in [1.165, 1.54) is 16.7 Å². The van der Waals surface area contributed by atoms with Gasteiger partial charge in [0, 0.05) is 17.8 Å². The van der Waals surface area contributed by atoms with E-state index in [1.807, 2.05) is 56.3 Å². The molecule has 0 saturated carbocycles. The number of aryl methyl sites for hydroxylation is 4. The van der Waals surface area contributed by atoms with Crippen molar-refractivity contribution in [2.45, 2.75) is 46.6 Å². The molecule has 1 aliphatic heterocycles. The molecule has 1 aliphatic rings. The quantitative estimate of drug-likeness (QED) is 0.308. The highest BCUT2D eigenvalue weighted by Crippen LogP contribution is 2.38. The Bertz CT molecular complexity index is 1460. The predicted molar refractivity (Wildman–Crippen MR) is 146 cm³/mol. The molecule has 2 amide bonds. The van der Waals surface area contributed by atoms with Crippen LogP contribution in [0.5, 0.6) is 0 Å². The third-order valence-electron chi connectivity index (χ3n) is 7.08. The molecule has 1 atom stereocenters. The van der Waals surface area contributed by atoms with Crippen LogP contribution in [0, 0.1) is 20.8 Å². The summed E-state index contributed by atoms with van der Waals surface area (Å²) in [5.41, 5.74) is 8.31. The highest BCUT2D eigenvalue weighted by Gasteiger charge is 2.35. The third-order valence-corrected chi connectivity index (χ3v) is 7.08. The molecule has 1 aromatic heterocycles. The normalized spacial score (nSPS) is 15.7. The maximum Gasteiger partial charge on any atom is 0.322 e. The summed E-state index contributed by atoms with van der Waals surface area (Å²) in [4.78, 5) is 19.9. The molecule has 0 saturated heterocycles.